The number of benzene rings is 1. The van der Waals surface area contributed by atoms with Crippen molar-refractivity contribution in [3.8, 4) is 0 Å². The second-order valence-electron chi connectivity index (χ2n) is 3.33. The molecule has 1 N–H and O–H groups in total. The van der Waals surface area contributed by atoms with Crippen LogP contribution in [0.2, 0.25) is 0 Å². The van der Waals surface area contributed by atoms with Gasteiger partial charge in [-0.3, -0.25) is 0 Å². The molecule has 1 nitrogen and oxygen atoms in total. The topological polar surface area (TPSA) is 12.0 Å². The van der Waals surface area contributed by atoms with Gasteiger partial charge in [0.1, 0.15) is 11.6 Å². The van der Waals surface area contributed by atoms with Crippen molar-refractivity contribution in [2.75, 3.05) is 7.05 Å². The predicted molar refractivity (Wildman–Crippen MR) is 53.1 cm³/mol. The lowest BCUT2D eigenvalue weighted by molar-refractivity contribution is 0.523. The first-order valence-electron chi connectivity index (χ1n) is 4.80. The van der Waals surface area contributed by atoms with Gasteiger partial charge < -0.3 is 5.32 Å². The van der Waals surface area contributed by atoms with Gasteiger partial charge in [-0.05, 0) is 31.2 Å². The Kier molecular flexibility index (Phi) is 4.01. The maximum Gasteiger partial charge on any atom is 0.126 e. The molecule has 1 rings (SSSR count). The molecule has 0 bridgehead atoms. The third kappa shape index (κ3) is 2.77. The van der Waals surface area contributed by atoms with Crippen molar-refractivity contribution in [3.63, 3.8) is 0 Å². The van der Waals surface area contributed by atoms with E-state index < -0.39 is 11.6 Å². The highest BCUT2D eigenvalue weighted by Crippen LogP contribution is 2.19. The van der Waals surface area contributed by atoms with Crippen LogP contribution < -0.4 is 5.32 Å². The largest absolute Gasteiger partial charge is 0.313 e. The van der Waals surface area contributed by atoms with Crippen LogP contribution in [0.15, 0.2) is 18.2 Å². The molecule has 1 atom stereocenters. The quantitative estimate of drug-likeness (QED) is 0.786. The minimum absolute atomic E-state index is 0.0326. The average Bonchev–Trinajstić information content (AvgIpc) is 2.12. The molecule has 78 valence electrons. The van der Waals surface area contributed by atoms with Crippen molar-refractivity contribution in [1.29, 1.82) is 0 Å². The normalized spacial score (nSPS) is 12.9. The Labute approximate surface area is 83.1 Å². The van der Waals surface area contributed by atoms with Crippen molar-refractivity contribution in [3.05, 3.63) is 35.4 Å². The van der Waals surface area contributed by atoms with Gasteiger partial charge in [-0.25, -0.2) is 8.78 Å². The number of rotatable bonds is 4. The summed E-state index contributed by atoms with van der Waals surface area (Å²) in [4.78, 5) is 0. The van der Waals surface area contributed by atoms with Crippen molar-refractivity contribution in [1.82, 2.24) is 5.32 Å². The lowest BCUT2D eigenvalue weighted by Crippen LogP contribution is -2.16. The summed E-state index contributed by atoms with van der Waals surface area (Å²) in [6.07, 6.45) is 1.85. The summed E-state index contributed by atoms with van der Waals surface area (Å²) >= 11 is 0. The molecule has 0 aliphatic rings. The minimum Gasteiger partial charge on any atom is -0.313 e. The van der Waals surface area contributed by atoms with E-state index in [0.29, 0.717) is 5.56 Å². The molecule has 0 radical (unpaired) electrons. The maximum atomic E-state index is 12.9. The van der Waals surface area contributed by atoms with Gasteiger partial charge >= 0.3 is 0 Å². The average molecular weight is 199 g/mol. The maximum absolute atomic E-state index is 12.9. The van der Waals surface area contributed by atoms with Crippen LogP contribution in [0.5, 0.6) is 0 Å². The van der Waals surface area contributed by atoms with Crippen molar-refractivity contribution >= 4 is 0 Å². The number of hydrogen-bond donors (Lipinski definition) is 1. The second kappa shape index (κ2) is 5.05. The Bertz CT molecular complexity index is 279. The molecule has 0 saturated carbocycles. The monoisotopic (exact) mass is 199 g/mol. The molecule has 0 heterocycles. The number of nitrogens with one attached hydrogen (secondary N) is 1. The zero-order valence-electron chi connectivity index (χ0n) is 8.48. The molecule has 0 aliphatic heterocycles. The van der Waals surface area contributed by atoms with Gasteiger partial charge in [0.25, 0.3) is 0 Å². The van der Waals surface area contributed by atoms with Crippen LogP contribution >= 0.6 is 0 Å². The van der Waals surface area contributed by atoms with Gasteiger partial charge in [0, 0.05) is 12.1 Å². The van der Waals surface area contributed by atoms with E-state index in [-0.39, 0.29) is 6.04 Å². The number of halogens is 2. The molecule has 3 heteroatoms. The summed E-state index contributed by atoms with van der Waals surface area (Å²) < 4.78 is 25.8. The first kappa shape index (κ1) is 11.1. The van der Waals surface area contributed by atoms with Gasteiger partial charge in [-0.1, -0.05) is 13.3 Å². The summed E-state index contributed by atoms with van der Waals surface area (Å²) in [5.41, 5.74) is 0.673. The molecule has 0 aromatic heterocycles. The van der Waals surface area contributed by atoms with Crippen LogP contribution in [-0.4, -0.2) is 7.05 Å². The molecule has 1 unspecified atom stereocenters. The molecular formula is C11H15F2N. The zero-order chi connectivity index (χ0) is 10.6. The van der Waals surface area contributed by atoms with Gasteiger partial charge in [-0.15, -0.1) is 0 Å². The SMILES string of the molecule is CCCC(NC)c1cc(F)cc(F)c1. The van der Waals surface area contributed by atoms with Crippen molar-refractivity contribution < 1.29 is 8.78 Å². The first-order chi connectivity index (χ1) is 6.67. The fourth-order valence-corrected chi connectivity index (χ4v) is 1.54. The Hall–Kier alpha value is -0.960. The van der Waals surface area contributed by atoms with Gasteiger partial charge in [-0.2, -0.15) is 0 Å². The highest BCUT2D eigenvalue weighted by molar-refractivity contribution is 5.21. The summed E-state index contributed by atoms with van der Waals surface area (Å²) in [5.74, 6) is -1.03. The van der Waals surface area contributed by atoms with Crippen LogP contribution in [0.1, 0.15) is 31.4 Å². The van der Waals surface area contributed by atoms with E-state index in [9.17, 15) is 8.78 Å². The van der Waals surface area contributed by atoms with E-state index in [2.05, 4.69) is 5.32 Å². The minimum atomic E-state index is -0.517. The first-order valence-corrected chi connectivity index (χ1v) is 4.80. The molecule has 0 aliphatic carbocycles. The third-order valence-corrected chi connectivity index (χ3v) is 2.21. The van der Waals surface area contributed by atoms with E-state index in [1.54, 1.807) is 7.05 Å². The highest BCUT2D eigenvalue weighted by Gasteiger charge is 2.10. The van der Waals surface area contributed by atoms with Gasteiger partial charge in [0.2, 0.25) is 0 Å². The van der Waals surface area contributed by atoms with E-state index in [0.717, 1.165) is 18.9 Å². The van der Waals surface area contributed by atoms with Crippen molar-refractivity contribution in [2.24, 2.45) is 0 Å². The molecule has 1 aromatic carbocycles. The van der Waals surface area contributed by atoms with Crippen LogP contribution in [0.3, 0.4) is 0 Å². The van der Waals surface area contributed by atoms with Crippen molar-refractivity contribution in [2.45, 2.75) is 25.8 Å². The van der Waals surface area contributed by atoms with E-state index in [1.807, 2.05) is 6.92 Å². The number of hydrogen-bond acceptors (Lipinski definition) is 1. The second-order valence-corrected chi connectivity index (χ2v) is 3.33. The highest BCUT2D eigenvalue weighted by atomic mass is 19.1. The molecule has 14 heavy (non-hydrogen) atoms. The van der Waals surface area contributed by atoms with E-state index >= 15 is 0 Å². The molecule has 1 aromatic rings. The molecule has 0 fully saturated rings. The predicted octanol–water partition coefficient (Wildman–Crippen LogP) is 3.03. The zero-order valence-corrected chi connectivity index (χ0v) is 8.48. The van der Waals surface area contributed by atoms with Crippen LogP contribution in [0, 0.1) is 11.6 Å². The Morgan fingerprint density at radius 2 is 1.79 bits per heavy atom. The lowest BCUT2D eigenvalue weighted by Gasteiger charge is -2.15. The molecule has 0 saturated heterocycles. The third-order valence-electron chi connectivity index (χ3n) is 2.21. The smallest absolute Gasteiger partial charge is 0.126 e. The van der Waals surface area contributed by atoms with Gasteiger partial charge in [0.15, 0.2) is 0 Å². The van der Waals surface area contributed by atoms with E-state index in [4.69, 9.17) is 0 Å². The summed E-state index contributed by atoms with van der Waals surface area (Å²) in [7, 11) is 1.79. The fraction of sp³-hybridized carbons (Fsp3) is 0.455. The lowest BCUT2D eigenvalue weighted by atomic mass is 10.0. The van der Waals surface area contributed by atoms with Crippen LogP contribution in [-0.2, 0) is 0 Å². The van der Waals surface area contributed by atoms with E-state index in [1.165, 1.54) is 12.1 Å². The summed E-state index contributed by atoms with van der Waals surface area (Å²) in [6.45, 7) is 2.04. The van der Waals surface area contributed by atoms with Crippen LogP contribution in [0.25, 0.3) is 0 Å². The molecule has 0 amide bonds. The summed E-state index contributed by atoms with van der Waals surface area (Å²) in [6, 6.07) is 3.67. The fourth-order valence-electron chi connectivity index (χ4n) is 1.54. The summed E-state index contributed by atoms with van der Waals surface area (Å²) in [5, 5.41) is 3.04. The Morgan fingerprint density at radius 1 is 1.21 bits per heavy atom. The van der Waals surface area contributed by atoms with Crippen LogP contribution in [0.4, 0.5) is 8.78 Å². The standard InChI is InChI=1S/C11H15F2N/c1-3-4-11(14-2)8-5-9(12)7-10(13)6-8/h5-7,11,14H,3-4H2,1-2H3. The molecule has 0 spiro atoms. The Balaban J connectivity index is 2.91. The van der Waals surface area contributed by atoms with Gasteiger partial charge in [0.05, 0.1) is 0 Å². The molecular weight excluding hydrogens is 184 g/mol. The Morgan fingerprint density at radius 3 is 2.21 bits per heavy atom.